The largest absolute Gasteiger partial charge is 0.465 e. The highest BCUT2D eigenvalue weighted by molar-refractivity contribution is 7.81. The molecule has 0 saturated carbocycles. The van der Waals surface area contributed by atoms with E-state index < -0.39 is 17.4 Å². The van der Waals surface area contributed by atoms with Crippen molar-refractivity contribution in [1.82, 2.24) is 14.7 Å². The maximum Gasteiger partial charge on any atom is 0.407 e. The van der Waals surface area contributed by atoms with Gasteiger partial charge in [0.2, 0.25) is 0 Å². The van der Waals surface area contributed by atoms with Crippen LogP contribution in [0.4, 0.5) is 16.3 Å². The minimum absolute atomic E-state index is 0.00565. The monoisotopic (exact) mass is 364 g/mol. The van der Waals surface area contributed by atoms with E-state index in [-0.39, 0.29) is 12.6 Å². The molecule has 0 saturated heterocycles. The van der Waals surface area contributed by atoms with Crippen LogP contribution in [0.15, 0.2) is 30.5 Å². The summed E-state index contributed by atoms with van der Waals surface area (Å²) in [6, 6.07) is 7.16. The first-order valence-corrected chi connectivity index (χ1v) is 8.99. The number of carboxylic acid groups (broad SMARTS) is 1. The third-order valence-electron chi connectivity index (χ3n) is 4.24. The normalized spacial score (nSPS) is 15.1. The molecule has 3 rings (SSSR count). The van der Waals surface area contributed by atoms with Crippen LogP contribution in [0.25, 0.3) is 0 Å². The summed E-state index contributed by atoms with van der Waals surface area (Å²) >= 11 is -2.32. The molecular formula is C16H20N4O4S. The molecule has 1 atom stereocenters. The summed E-state index contributed by atoms with van der Waals surface area (Å²) in [5, 5.41) is 13.5. The highest BCUT2D eigenvalue weighted by atomic mass is 32.2. The molecule has 0 fully saturated rings. The smallest absolute Gasteiger partial charge is 0.407 e. The van der Waals surface area contributed by atoms with Crippen LogP contribution in [-0.4, -0.2) is 41.2 Å². The van der Waals surface area contributed by atoms with Gasteiger partial charge in [0.1, 0.15) is 5.82 Å². The van der Waals surface area contributed by atoms with Crippen LogP contribution >= 0.6 is 0 Å². The molecule has 134 valence electrons. The van der Waals surface area contributed by atoms with Crippen molar-refractivity contribution in [2.45, 2.75) is 32.9 Å². The first-order valence-electron chi connectivity index (χ1n) is 7.93. The molecule has 1 amide bonds. The molecule has 1 unspecified atom stereocenters. The van der Waals surface area contributed by atoms with Gasteiger partial charge in [-0.15, -0.1) is 0 Å². The Kier molecular flexibility index (Phi) is 4.78. The average Bonchev–Trinajstić information content (AvgIpc) is 3.04. The van der Waals surface area contributed by atoms with Crippen molar-refractivity contribution >= 4 is 28.9 Å². The Bertz CT molecular complexity index is 820. The summed E-state index contributed by atoms with van der Waals surface area (Å²) in [5.74, 6) is 0.483. The maximum atomic E-state index is 12.1. The molecule has 0 aliphatic carbocycles. The number of fused-ring (bicyclic) bond motifs is 1. The predicted octanol–water partition coefficient (Wildman–Crippen LogP) is 2.77. The van der Waals surface area contributed by atoms with Gasteiger partial charge in [-0.3, -0.25) is 4.55 Å². The third-order valence-corrected chi connectivity index (χ3v) is 4.94. The Morgan fingerprint density at radius 3 is 2.76 bits per heavy atom. The average molecular weight is 364 g/mol. The van der Waals surface area contributed by atoms with E-state index in [4.69, 9.17) is 0 Å². The first-order chi connectivity index (χ1) is 11.9. The number of carbonyl (C=O) groups is 1. The van der Waals surface area contributed by atoms with Crippen molar-refractivity contribution in [2.75, 3.05) is 10.8 Å². The Morgan fingerprint density at radius 2 is 2.12 bits per heavy atom. The molecule has 2 N–H and O–H groups in total. The molecule has 2 aromatic rings. The molecule has 9 heteroatoms. The zero-order chi connectivity index (χ0) is 18.1. The molecule has 1 aliphatic heterocycles. The van der Waals surface area contributed by atoms with E-state index in [9.17, 15) is 18.7 Å². The van der Waals surface area contributed by atoms with Gasteiger partial charge in [0, 0.05) is 18.7 Å². The molecule has 0 spiro atoms. The van der Waals surface area contributed by atoms with Crippen LogP contribution < -0.4 is 4.31 Å². The second-order valence-corrected chi connectivity index (χ2v) is 6.95. The fraction of sp³-hybridized carbons (Fsp3) is 0.375. The molecule has 2 heterocycles. The number of amides is 1. The topological polar surface area (TPSA) is 98.9 Å². The van der Waals surface area contributed by atoms with Gasteiger partial charge in [-0.1, -0.05) is 12.1 Å². The van der Waals surface area contributed by atoms with Crippen LogP contribution in [0.3, 0.4) is 0 Å². The summed E-state index contributed by atoms with van der Waals surface area (Å²) < 4.78 is 25.0. The van der Waals surface area contributed by atoms with E-state index in [1.54, 1.807) is 23.0 Å². The number of rotatable bonds is 4. The Morgan fingerprint density at radius 1 is 1.36 bits per heavy atom. The summed E-state index contributed by atoms with van der Waals surface area (Å²) in [5.41, 5.74) is 2.25. The molecule has 1 aromatic heterocycles. The Labute approximate surface area is 148 Å². The van der Waals surface area contributed by atoms with E-state index in [0.29, 0.717) is 24.5 Å². The van der Waals surface area contributed by atoms with Crippen molar-refractivity contribution in [3.05, 3.63) is 41.6 Å². The highest BCUT2D eigenvalue weighted by Crippen LogP contribution is 2.35. The number of hydrogen-bond acceptors (Lipinski definition) is 3. The van der Waals surface area contributed by atoms with Gasteiger partial charge in [0.15, 0.2) is 0 Å². The summed E-state index contributed by atoms with van der Waals surface area (Å²) in [4.78, 5) is 12.6. The van der Waals surface area contributed by atoms with Gasteiger partial charge in [0.25, 0.3) is 11.3 Å². The molecule has 0 bridgehead atoms. The zero-order valence-electron chi connectivity index (χ0n) is 14.0. The first kappa shape index (κ1) is 17.4. The fourth-order valence-corrected chi connectivity index (χ4v) is 3.71. The van der Waals surface area contributed by atoms with E-state index in [0.717, 1.165) is 11.1 Å². The van der Waals surface area contributed by atoms with Gasteiger partial charge in [-0.25, -0.2) is 18.0 Å². The lowest BCUT2D eigenvalue weighted by Crippen LogP contribution is -2.36. The molecule has 1 aliphatic rings. The lowest BCUT2D eigenvalue weighted by molar-refractivity contribution is 0.140. The van der Waals surface area contributed by atoms with Gasteiger partial charge >= 0.3 is 6.09 Å². The van der Waals surface area contributed by atoms with E-state index in [2.05, 4.69) is 5.10 Å². The van der Waals surface area contributed by atoms with Crippen LogP contribution in [0.2, 0.25) is 0 Å². The second kappa shape index (κ2) is 6.85. The van der Waals surface area contributed by atoms with Crippen molar-refractivity contribution in [2.24, 2.45) is 0 Å². The van der Waals surface area contributed by atoms with E-state index in [1.807, 2.05) is 26.0 Å². The molecular weight excluding hydrogens is 344 g/mol. The summed E-state index contributed by atoms with van der Waals surface area (Å²) in [6.07, 6.45) is 1.16. The van der Waals surface area contributed by atoms with Gasteiger partial charge in [-0.2, -0.15) is 5.10 Å². The highest BCUT2D eigenvalue weighted by Gasteiger charge is 2.28. The molecule has 1 aromatic carbocycles. The van der Waals surface area contributed by atoms with E-state index in [1.165, 1.54) is 9.21 Å². The standard InChI is InChI=1S/C16H20N4O4S/c1-11(2)19-15(6-8-17-19)20(25(23)24)14-5-3-4-12-7-9-18(16(21)22)10-13(12)14/h3-6,8,11H,7,9-10H2,1-2H3,(H,21,22)(H,23,24). The lowest BCUT2D eigenvalue weighted by Gasteiger charge is -2.31. The van der Waals surface area contributed by atoms with Crippen LogP contribution in [-0.2, 0) is 24.2 Å². The summed E-state index contributed by atoms with van der Waals surface area (Å²) in [6.45, 7) is 4.46. The van der Waals surface area contributed by atoms with Crippen LogP contribution in [0.1, 0.15) is 31.0 Å². The van der Waals surface area contributed by atoms with Gasteiger partial charge in [-0.05, 0) is 37.5 Å². The SMILES string of the molecule is CC(C)n1nccc1N(c1cccc2c1CN(C(=O)O)CC2)S(=O)O. The number of aromatic nitrogens is 2. The minimum Gasteiger partial charge on any atom is -0.465 e. The van der Waals surface area contributed by atoms with Gasteiger partial charge < -0.3 is 10.0 Å². The Balaban J connectivity index is 2.11. The van der Waals surface area contributed by atoms with Crippen LogP contribution in [0, 0.1) is 0 Å². The van der Waals surface area contributed by atoms with Crippen molar-refractivity contribution in [1.29, 1.82) is 0 Å². The van der Waals surface area contributed by atoms with Crippen molar-refractivity contribution in [3.8, 4) is 0 Å². The van der Waals surface area contributed by atoms with Crippen molar-refractivity contribution < 1.29 is 18.7 Å². The van der Waals surface area contributed by atoms with E-state index >= 15 is 0 Å². The number of hydrogen-bond donors (Lipinski definition) is 2. The second-order valence-electron chi connectivity index (χ2n) is 6.12. The Hall–Kier alpha value is -2.39. The molecule has 8 nitrogen and oxygen atoms in total. The quantitative estimate of drug-likeness (QED) is 0.813. The fourth-order valence-electron chi connectivity index (χ4n) is 3.07. The zero-order valence-corrected chi connectivity index (χ0v) is 14.8. The number of benzene rings is 1. The third kappa shape index (κ3) is 3.24. The molecule has 25 heavy (non-hydrogen) atoms. The minimum atomic E-state index is -2.32. The number of anilines is 2. The maximum absolute atomic E-state index is 12.1. The van der Waals surface area contributed by atoms with Gasteiger partial charge in [0.05, 0.1) is 18.4 Å². The van der Waals surface area contributed by atoms with Crippen molar-refractivity contribution in [3.63, 3.8) is 0 Å². The number of nitrogens with zero attached hydrogens (tertiary/aromatic N) is 4. The summed E-state index contributed by atoms with van der Waals surface area (Å²) in [7, 11) is 0. The predicted molar refractivity (Wildman–Crippen MR) is 94.1 cm³/mol. The molecule has 0 radical (unpaired) electrons. The van der Waals surface area contributed by atoms with Crippen LogP contribution in [0.5, 0.6) is 0 Å². The lowest BCUT2D eigenvalue weighted by atomic mass is 9.98.